The van der Waals surface area contributed by atoms with Crippen molar-refractivity contribution in [1.82, 2.24) is 15.5 Å². The molecule has 2 aliphatic rings. The number of morpholine rings is 1. The quantitative estimate of drug-likeness (QED) is 0.727. The number of hydrogen-bond acceptors (Lipinski definition) is 4. The number of carbonyl (C=O) groups is 2. The van der Waals surface area contributed by atoms with E-state index in [0.717, 1.165) is 25.9 Å². The van der Waals surface area contributed by atoms with E-state index in [4.69, 9.17) is 4.74 Å². The minimum atomic E-state index is -0.0181. The molecule has 0 radical (unpaired) electrons. The summed E-state index contributed by atoms with van der Waals surface area (Å²) in [7, 11) is 0. The first-order chi connectivity index (χ1) is 8.77. The summed E-state index contributed by atoms with van der Waals surface area (Å²) in [6.07, 6.45) is 1.93. The predicted octanol–water partition coefficient (Wildman–Crippen LogP) is -0.617. The van der Waals surface area contributed by atoms with Gasteiger partial charge in [0.25, 0.3) is 0 Å². The second-order valence-electron chi connectivity index (χ2n) is 4.75. The standard InChI is InChI=1S/C12H21N3O3.ClH/c16-11(15-4-6-18-7-5-15)9-14-12(17)10-2-1-3-13-8-10;/h10,13H,1-9H2,(H,14,17);1H/t10-;/m1./s1. The Bertz CT molecular complexity index is 273. The molecule has 2 N–H and O–H groups in total. The van der Waals surface area contributed by atoms with E-state index in [1.807, 2.05) is 0 Å². The Labute approximate surface area is 119 Å². The van der Waals surface area contributed by atoms with Gasteiger partial charge in [-0.2, -0.15) is 0 Å². The van der Waals surface area contributed by atoms with E-state index in [9.17, 15) is 9.59 Å². The molecule has 2 saturated heterocycles. The highest BCUT2D eigenvalue weighted by atomic mass is 35.5. The van der Waals surface area contributed by atoms with E-state index in [-0.39, 0.29) is 36.7 Å². The molecule has 0 unspecified atom stereocenters. The Morgan fingerprint density at radius 1 is 1.32 bits per heavy atom. The number of rotatable bonds is 3. The first kappa shape index (κ1) is 16.2. The van der Waals surface area contributed by atoms with Crippen LogP contribution in [-0.4, -0.2) is 62.7 Å². The number of halogens is 1. The maximum Gasteiger partial charge on any atom is 0.242 e. The van der Waals surface area contributed by atoms with Gasteiger partial charge in [-0.15, -0.1) is 12.4 Å². The van der Waals surface area contributed by atoms with Gasteiger partial charge in [0, 0.05) is 19.6 Å². The van der Waals surface area contributed by atoms with Gasteiger partial charge < -0.3 is 20.3 Å². The number of ether oxygens (including phenoxy) is 1. The van der Waals surface area contributed by atoms with Crippen LogP contribution in [0.4, 0.5) is 0 Å². The van der Waals surface area contributed by atoms with Gasteiger partial charge in [0.2, 0.25) is 11.8 Å². The summed E-state index contributed by atoms with van der Waals surface area (Å²) in [4.78, 5) is 25.4. The second kappa shape index (κ2) is 8.35. The maximum atomic E-state index is 11.8. The molecule has 0 saturated carbocycles. The molecule has 0 aliphatic carbocycles. The molecule has 0 aromatic carbocycles. The first-order valence-corrected chi connectivity index (χ1v) is 6.61. The smallest absolute Gasteiger partial charge is 0.242 e. The van der Waals surface area contributed by atoms with E-state index in [2.05, 4.69) is 10.6 Å². The Hall–Kier alpha value is -0.850. The summed E-state index contributed by atoms with van der Waals surface area (Å²) in [5.74, 6) is -0.0181. The van der Waals surface area contributed by atoms with Crippen LogP contribution in [0.3, 0.4) is 0 Å². The van der Waals surface area contributed by atoms with E-state index in [1.165, 1.54) is 0 Å². The molecule has 2 rings (SSSR count). The zero-order valence-corrected chi connectivity index (χ0v) is 11.8. The highest BCUT2D eigenvalue weighted by Crippen LogP contribution is 2.09. The molecule has 2 fully saturated rings. The van der Waals surface area contributed by atoms with Crippen molar-refractivity contribution in [2.24, 2.45) is 5.92 Å². The van der Waals surface area contributed by atoms with Crippen LogP contribution in [0.25, 0.3) is 0 Å². The minimum Gasteiger partial charge on any atom is -0.378 e. The van der Waals surface area contributed by atoms with Gasteiger partial charge in [0.15, 0.2) is 0 Å². The molecule has 0 spiro atoms. The van der Waals surface area contributed by atoms with Crippen molar-refractivity contribution in [3.05, 3.63) is 0 Å². The molecular formula is C12H22ClN3O3. The molecule has 0 bridgehead atoms. The molecule has 1 atom stereocenters. The molecule has 110 valence electrons. The van der Waals surface area contributed by atoms with Crippen LogP contribution in [-0.2, 0) is 14.3 Å². The lowest BCUT2D eigenvalue weighted by atomic mass is 9.99. The summed E-state index contributed by atoms with van der Waals surface area (Å²) in [6, 6.07) is 0. The lowest BCUT2D eigenvalue weighted by molar-refractivity contribution is -0.137. The molecule has 6 nitrogen and oxygen atoms in total. The number of nitrogens with zero attached hydrogens (tertiary/aromatic N) is 1. The normalized spacial score (nSPS) is 23.4. The fourth-order valence-corrected chi connectivity index (χ4v) is 2.31. The molecular weight excluding hydrogens is 270 g/mol. The Morgan fingerprint density at radius 2 is 2.05 bits per heavy atom. The third kappa shape index (κ3) is 4.97. The second-order valence-corrected chi connectivity index (χ2v) is 4.75. The lowest BCUT2D eigenvalue weighted by Gasteiger charge is -2.27. The fraction of sp³-hybridized carbons (Fsp3) is 0.833. The first-order valence-electron chi connectivity index (χ1n) is 6.61. The average molecular weight is 292 g/mol. The van der Waals surface area contributed by atoms with Gasteiger partial charge >= 0.3 is 0 Å². The number of carbonyl (C=O) groups excluding carboxylic acids is 2. The predicted molar refractivity (Wildman–Crippen MR) is 73.3 cm³/mol. The Balaban J connectivity index is 0.00000180. The van der Waals surface area contributed by atoms with Crippen LogP contribution >= 0.6 is 12.4 Å². The molecule has 0 aromatic rings. The van der Waals surface area contributed by atoms with Crippen LogP contribution < -0.4 is 10.6 Å². The summed E-state index contributed by atoms with van der Waals surface area (Å²) >= 11 is 0. The van der Waals surface area contributed by atoms with Crippen molar-refractivity contribution < 1.29 is 14.3 Å². The van der Waals surface area contributed by atoms with Gasteiger partial charge in [-0.1, -0.05) is 0 Å². The molecule has 0 aromatic heterocycles. The molecule has 2 heterocycles. The molecule has 2 aliphatic heterocycles. The molecule has 19 heavy (non-hydrogen) atoms. The van der Waals surface area contributed by atoms with Crippen LogP contribution in [0.1, 0.15) is 12.8 Å². The van der Waals surface area contributed by atoms with Crippen LogP contribution in [0.2, 0.25) is 0 Å². The van der Waals surface area contributed by atoms with Gasteiger partial charge in [0.1, 0.15) is 0 Å². The van der Waals surface area contributed by atoms with E-state index in [1.54, 1.807) is 4.90 Å². The van der Waals surface area contributed by atoms with Crippen molar-refractivity contribution in [1.29, 1.82) is 0 Å². The Kier molecular flexibility index (Phi) is 7.12. The van der Waals surface area contributed by atoms with E-state index < -0.39 is 0 Å². The molecule has 7 heteroatoms. The highest BCUT2D eigenvalue weighted by Gasteiger charge is 2.22. The maximum absolute atomic E-state index is 11.8. The topological polar surface area (TPSA) is 70.7 Å². The van der Waals surface area contributed by atoms with Crippen molar-refractivity contribution in [2.45, 2.75) is 12.8 Å². The monoisotopic (exact) mass is 291 g/mol. The van der Waals surface area contributed by atoms with Crippen LogP contribution in [0.5, 0.6) is 0 Å². The zero-order chi connectivity index (χ0) is 12.8. The van der Waals surface area contributed by atoms with Crippen molar-refractivity contribution >= 4 is 24.2 Å². The van der Waals surface area contributed by atoms with Crippen molar-refractivity contribution in [3.8, 4) is 0 Å². The van der Waals surface area contributed by atoms with E-state index >= 15 is 0 Å². The number of piperidine rings is 1. The zero-order valence-electron chi connectivity index (χ0n) is 11.0. The van der Waals surface area contributed by atoms with Gasteiger partial charge in [-0.25, -0.2) is 0 Å². The highest BCUT2D eigenvalue weighted by molar-refractivity contribution is 5.86. The average Bonchev–Trinajstić information content (AvgIpc) is 2.46. The SMILES string of the molecule is Cl.O=C(NCC(=O)N1CCOCC1)[C@@H]1CCCNC1. The summed E-state index contributed by atoms with van der Waals surface area (Å²) in [5, 5.41) is 5.93. The number of amides is 2. The van der Waals surface area contributed by atoms with Crippen LogP contribution in [0, 0.1) is 5.92 Å². The fourth-order valence-electron chi connectivity index (χ4n) is 2.31. The number of nitrogens with one attached hydrogen (secondary N) is 2. The minimum absolute atomic E-state index is 0. The third-order valence-electron chi connectivity index (χ3n) is 3.45. The molecule has 2 amide bonds. The van der Waals surface area contributed by atoms with E-state index in [0.29, 0.717) is 26.3 Å². The van der Waals surface area contributed by atoms with Gasteiger partial charge in [-0.3, -0.25) is 9.59 Å². The number of hydrogen-bond donors (Lipinski definition) is 2. The third-order valence-corrected chi connectivity index (χ3v) is 3.45. The Morgan fingerprint density at radius 3 is 2.68 bits per heavy atom. The van der Waals surface area contributed by atoms with Gasteiger partial charge in [-0.05, 0) is 19.4 Å². The lowest BCUT2D eigenvalue weighted by Crippen LogP contribution is -2.47. The largest absolute Gasteiger partial charge is 0.378 e. The summed E-state index contributed by atoms with van der Waals surface area (Å²) < 4.78 is 5.18. The summed E-state index contributed by atoms with van der Waals surface area (Å²) in [5.41, 5.74) is 0. The van der Waals surface area contributed by atoms with Crippen molar-refractivity contribution in [2.75, 3.05) is 45.9 Å². The van der Waals surface area contributed by atoms with Gasteiger partial charge in [0.05, 0.1) is 25.7 Å². The van der Waals surface area contributed by atoms with Crippen LogP contribution in [0.15, 0.2) is 0 Å². The van der Waals surface area contributed by atoms with Crippen molar-refractivity contribution in [3.63, 3.8) is 0 Å². The summed E-state index contributed by atoms with van der Waals surface area (Å²) in [6.45, 7) is 4.24.